The van der Waals surface area contributed by atoms with Crippen molar-refractivity contribution in [1.82, 2.24) is 0 Å². The van der Waals surface area contributed by atoms with E-state index < -0.39 is 14.9 Å². The lowest BCUT2D eigenvalue weighted by atomic mass is 9.81. The normalized spacial score (nSPS) is 24.4. The molecule has 0 aliphatic heterocycles. The molecule has 1 N–H and O–H groups in total. The van der Waals surface area contributed by atoms with Gasteiger partial charge >= 0.3 is 0 Å². The molecule has 4 heteroatoms. The Labute approximate surface area is 99.4 Å². The van der Waals surface area contributed by atoms with Crippen LogP contribution in [0.2, 0.25) is 0 Å². The van der Waals surface area contributed by atoms with E-state index >= 15 is 0 Å². The van der Waals surface area contributed by atoms with E-state index in [2.05, 4.69) is 0 Å². The van der Waals surface area contributed by atoms with Crippen molar-refractivity contribution in [3.63, 3.8) is 0 Å². The van der Waals surface area contributed by atoms with Gasteiger partial charge < -0.3 is 0 Å². The third-order valence-electron chi connectivity index (χ3n) is 4.26. The van der Waals surface area contributed by atoms with Crippen molar-refractivity contribution in [2.45, 2.75) is 70.0 Å². The first-order chi connectivity index (χ1) is 7.42. The van der Waals surface area contributed by atoms with Gasteiger partial charge in [0.2, 0.25) is 0 Å². The van der Waals surface area contributed by atoms with Gasteiger partial charge in [0.05, 0.1) is 4.75 Å². The fraction of sp³-hybridized carbons (Fsp3) is 1.00. The molecule has 0 radical (unpaired) electrons. The van der Waals surface area contributed by atoms with Gasteiger partial charge in [-0.1, -0.05) is 39.0 Å². The van der Waals surface area contributed by atoms with E-state index in [1.54, 1.807) is 6.92 Å². The molecule has 0 aromatic rings. The van der Waals surface area contributed by atoms with Crippen molar-refractivity contribution < 1.29 is 13.0 Å². The van der Waals surface area contributed by atoms with E-state index in [0.29, 0.717) is 6.42 Å². The highest BCUT2D eigenvalue weighted by Crippen LogP contribution is 2.37. The van der Waals surface area contributed by atoms with Gasteiger partial charge in [-0.05, 0) is 32.1 Å². The zero-order valence-corrected chi connectivity index (χ0v) is 11.2. The molecule has 0 amide bonds. The molecule has 0 aromatic heterocycles. The van der Waals surface area contributed by atoms with Gasteiger partial charge in [-0.15, -0.1) is 0 Å². The standard InChI is InChI=1S/C12H24O3S/c1-3-12(2,16(13,14)15)11-9-7-5-4-6-8-10-11/h11H,3-10H2,1-2H3,(H,13,14,15). The van der Waals surface area contributed by atoms with Crippen LogP contribution < -0.4 is 0 Å². The Kier molecular flexibility index (Phi) is 4.80. The number of rotatable bonds is 3. The van der Waals surface area contributed by atoms with E-state index in [-0.39, 0.29) is 5.92 Å². The Balaban J connectivity index is 2.85. The van der Waals surface area contributed by atoms with Gasteiger partial charge in [-0.3, -0.25) is 4.55 Å². The first kappa shape index (κ1) is 14.0. The van der Waals surface area contributed by atoms with E-state index in [4.69, 9.17) is 0 Å². The van der Waals surface area contributed by atoms with Crippen LogP contribution in [0.15, 0.2) is 0 Å². The molecule has 1 saturated carbocycles. The molecule has 1 aliphatic rings. The quantitative estimate of drug-likeness (QED) is 0.779. The van der Waals surface area contributed by atoms with Crippen LogP contribution in [0.1, 0.15) is 65.2 Å². The molecular formula is C12H24O3S. The molecule has 1 unspecified atom stereocenters. The van der Waals surface area contributed by atoms with Crippen LogP contribution in [-0.2, 0) is 10.1 Å². The molecule has 0 saturated heterocycles. The Morgan fingerprint density at radius 3 is 1.94 bits per heavy atom. The summed E-state index contributed by atoms with van der Waals surface area (Å²) in [5, 5.41) is 0. The summed E-state index contributed by atoms with van der Waals surface area (Å²) in [7, 11) is -3.94. The average molecular weight is 248 g/mol. The molecule has 1 aliphatic carbocycles. The smallest absolute Gasteiger partial charge is 0.270 e. The monoisotopic (exact) mass is 248 g/mol. The van der Waals surface area contributed by atoms with Crippen LogP contribution in [-0.4, -0.2) is 17.7 Å². The van der Waals surface area contributed by atoms with Crippen molar-refractivity contribution in [2.75, 3.05) is 0 Å². The summed E-state index contributed by atoms with van der Waals surface area (Å²) in [4.78, 5) is 0. The molecule has 3 nitrogen and oxygen atoms in total. The number of hydrogen-bond donors (Lipinski definition) is 1. The summed E-state index contributed by atoms with van der Waals surface area (Å²) in [6, 6.07) is 0. The number of hydrogen-bond acceptors (Lipinski definition) is 2. The fourth-order valence-corrected chi connectivity index (χ4v) is 3.77. The first-order valence-electron chi connectivity index (χ1n) is 6.39. The Morgan fingerprint density at radius 1 is 1.12 bits per heavy atom. The topological polar surface area (TPSA) is 54.4 Å². The molecule has 0 bridgehead atoms. The highest BCUT2D eigenvalue weighted by atomic mass is 32.2. The lowest BCUT2D eigenvalue weighted by molar-refractivity contribution is 0.274. The van der Waals surface area contributed by atoms with Gasteiger partial charge in [-0.2, -0.15) is 8.42 Å². The van der Waals surface area contributed by atoms with Crippen molar-refractivity contribution in [2.24, 2.45) is 5.92 Å². The molecule has 1 rings (SSSR count). The summed E-state index contributed by atoms with van der Waals surface area (Å²) < 4.78 is 31.6. The van der Waals surface area contributed by atoms with Crippen LogP contribution in [0.3, 0.4) is 0 Å². The minimum atomic E-state index is -3.94. The summed E-state index contributed by atoms with van der Waals surface area (Å²) >= 11 is 0. The predicted octanol–water partition coefficient (Wildman–Crippen LogP) is 3.40. The summed E-state index contributed by atoms with van der Waals surface area (Å²) in [6.07, 6.45) is 8.21. The summed E-state index contributed by atoms with van der Waals surface area (Å²) in [5.74, 6) is 0.118. The van der Waals surface area contributed by atoms with Crippen molar-refractivity contribution >= 4 is 10.1 Å². The zero-order chi connectivity index (χ0) is 12.2. The second kappa shape index (κ2) is 5.50. The summed E-state index contributed by atoms with van der Waals surface area (Å²) in [6.45, 7) is 3.56. The van der Waals surface area contributed by atoms with Crippen molar-refractivity contribution in [3.05, 3.63) is 0 Å². The summed E-state index contributed by atoms with van der Waals surface area (Å²) in [5.41, 5.74) is 0. The van der Waals surface area contributed by atoms with E-state index in [1.807, 2.05) is 6.92 Å². The van der Waals surface area contributed by atoms with Gasteiger partial charge in [-0.25, -0.2) is 0 Å². The lowest BCUT2D eigenvalue weighted by Gasteiger charge is -2.35. The van der Waals surface area contributed by atoms with Crippen molar-refractivity contribution in [1.29, 1.82) is 0 Å². The molecule has 1 fully saturated rings. The first-order valence-corrected chi connectivity index (χ1v) is 7.83. The molecule has 0 aromatic carbocycles. The lowest BCUT2D eigenvalue weighted by Crippen LogP contribution is -2.42. The highest BCUT2D eigenvalue weighted by molar-refractivity contribution is 7.87. The van der Waals surface area contributed by atoms with Crippen LogP contribution in [0, 0.1) is 5.92 Å². The molecule has 0 heterocycles. The second-order valence-electron chi connectivity index (χ2n) is 5.18. The maximum atomic E-state index is 11.5. The third kappa shape index (κ3) is 2.98. The fourth-order valence-electron chi connectivity index (χ4n) is 2.75. The van der Waals surface area contributed by atoms with Crippen LogP contribution in [0.5, 0.6) is 0 Å². The SMILES string of the molecule is CCC(C)(C1CCCCCCC1)S(=O)(=O)O. The molecule has 1 atom stereocenters. The van der Waals surface area contributed by atoms with E-state index in [1.165, 1.54) is 19.3 Å². The molecule has 96 valence electrons. The maximum Gasteiger partial charge on any atom is 0.270 e. The zero-order valence-electron chi connectivity index (χ0n) is 10.4. The molecule has 16 heavy (non-hydrogen) atoms. The molecule has 0 spiro atoms. The van der Waals surface area contributed by atoms with E-state index in [0.717, 1.165) is 25.7 Å². The van der Waals surface area contributed by atoms with E-state index in [9.17, 15) is 13.0 Å². The highest BCUT2D eigenvalue weighted by Gasteiger charge is 2.43. The minimum absolute atomic E-state index is 0.118. The maximum absolute atomic E-state index is 11.5. The second-order valence-corrected chi connectivity index (χ2v) is 7.07. The Bertz CT molecular complexity index is 302. The van der Waals surface area contributed by atoms with Gasteiger partial charge in [0, 0.05) is 0 Å². The average Bonchev–Trinajstić information content (AvgIpc) is 2.14. The Hall–Kier alpha value is -0.0900. The van der Waals surface area contributed by atoms with Crippen LogP contribution in [0.4, 0.5) is 0 Å². The van der Waals surface area contributed by atoms with Gasteiger partial charge in [0.25, 0.3) is 10.1 Å². The van der Waals surface area contributed by atoms with Crippen LogP contribution in [0.25, 0.3) is 0 Å². The largest absolute Gasteiger partial charge is 0.285 e. The van der Waals surface area contributed by atoms with Gasteiger partial charge in [0.15, 0.2) is 0 Å². The van der Waals surface area contributed by atoms with Crippen LogP contribution >= 0.6 is 0 Å². The Morgan fingerprint density at radius 2 is 1.56 bits per heavy atom. The predicted molar refractivity (Wildman–Crippen MR) is 66.1 cm³/mol. The third-order valence-corrected chi connectivity index (χ3v) is 6.06. The van der Waals surface area contributed by atoms with Gasteiger partial charge in [0.1, 0.15) is 0 Å². The van der Waals surface area contributed by atoms with Crippen molar-refractivity contribution in [3.8, 4) is 0 Å². The molecular weight excluding hydrogens is 224 g/mol. The minimum Gasteiger partial charge on any atom is -0.285 e.